The van der Waals surface area contributed by atoms with E-state index in [1.165, 1.54) is 0 Å². The second kappa shape index (κ2) is 6.58. The second-order valence-corrected chi connectivity index (χ2v) is 5.28. The largest absolute Gasteiger partial charge is 0.368 e. The van der Waals surface area contributed by atoms with Gasteiger partial charge in [-0.1, -0.05) is 13.0 Å². The Bertz CT molecular complexity index is 620. The van der Waals surface area contributed by atoms with Crippen molar-refractivity contribution >= 4 is 17.4 Å². The summed E-state index contributed by atoms with van der Waals surface area (Å²) >= 11 is 0. The van der Waals surface area contributed by atoms with Crippen LogP contribution in [0.3, 0.4) is 0 Å². The highest BCUT2D eigenvalue weighted by atomic mass is 16.1. The Morgan fingerprint density at radius 1 is 1.48 bits per heavy atom. The van der Waals surface area contributed by atoms with Crippen molar-refractivity contribution in [2.75, 3.05) is 18.0 Å². The van der Waals surface area contributed by atoms with E-state index >= 15 is 0 Å². The van der Waals surface area contributed by atoms with Crippen molar-refractivity contribution in [1.82, 2.24) is 14.7 Å². The maximum atomic E-state index is 11.4. The van der Waals surface area contributed by atoms with Gasteiger partial charge in [-0.2, -0.15) is 0 Å². The maximum Gasteiger partial charge on any atom is 0.237 e. The fraction of sp³-hybridized carbons (Fsp3) is 0.467. The molecular formula is C15H23N5O. The van der Waals surface area contributed by atoms with Crippen LogP contribution in [-0.2, 0) is 11.3 Å². The zero-order valence-electron chi connectivity index (χ0n) is 12.8. The number of carbonyl (C=O) groups excluding carboxylic acids is 1. The highest BCUT2D eigenvalue weighted by Crippen LogP contribution is 2.23. The van der Waals surface area contributed by atoms with Crippen LogP contribution in [0.5, 0.6) is 0 Å². The van der Waals surface area contributed by atoms with Crippen molar-refractivity contribution in [3.63, 3.8) is 0 Å². The molecule has 2 aromatic rings. The third-order valence-electron chi connectivity index (χ3n) is 3.37. The number of carbonyl (C=O) groups is 1. The molecule has 0 bridgehead atoms. The average Bonchev–Trinajstić information content (AvgIpc) is 2.80. The first kappa shape index (κ1) is 15.3. The number of nitrogens with zero attached hydrogens (tertiary/aromatic N) is 3. The third kappa shape index (κ3) is 3.33. The summed E-state index contributed by atoms with van der Waals surface area (Å²) in [5, 5.41) is 3.33. The van der Waals surface area contributed by atoms with Crippen molar-refractivity contribution in [2.24, 2.45) is 5.73 Å². The quantitative estimate of drug-likeness (QED) is 0.801. The molecule has 0 saturated heterocycles. The van der Waals surface area contributed by atoms with Gasteiger partial charge in [-0.05, 0) is 32.5 Å². The molecule has 6 heteroatoms. The molecule has 6 nitrogen and oxygen atoms in total. The summed E-state index contributed by atoms with van der Waals surface area (Å²) in [6.45, 7) is 7.86. The Morgan fingerprint density at radius 2 is 2.24 bits per heavy atom. The van der Waals surface area contributed by atoms with Gasteiger partial charge in [0.1, 0.15) is 5.65 Å². The summed E-state index contributed by atoms with van der Waals surface area (Å²) in [6, 6.07) is 6.03. The number of amides is 1. The van der Waals surface area contributed by atoms with Gasteiger partial charge < -0.3 is 20.4 Å². The van der Waals surface area contributed by atoms with Crippen LogP contribution < -0.4 is 16.0 Å². The van der Waals surface area contributed by atoms with Crippen LogP contribution in [0, 0.1) is 0 Å². The van der Waals surface area contributed by atoms with E-state index < -0.39 is 0 Å². The lowest BCUT2D eigenvalue weighted by molar-refractivity contribution is -0.116. The number of primary amides is 1. The Hall–Kier alpha value is -2.08. The molecule has 21 heavy (non-hydrogen) atoms. The molecule has 0 aromatic carbocycles. The number of fused-ring (bicyclic) bond motifs is 1. The minimum Gasteiger partial charge on any atom is -0.368 e. The van der Waals surface area contributed by atoms with E-state index in [9.17, 15) is 4.79 Å². The molecule has 0 fully saturated rings. The van der Waals surface area contributed by atoms with E-state index in [0.29, 0.717) is 6.54 Å². The Morgan fingerprint density at radius 3 is 2.86 bits per heavy atom. The zero-order chi connectivity index (χ0) is 15.4. The van der Waals surface area contributed by atoms with Crippen LogP contribution >= 0.6 is 0 Å². The van der Waals surface area contributed by atoms with Crippen LogP contribution in [0.15, 0.2) is 24.4 Å². The van der Waals surface area contributed by atoms with E-state index in [1.54, 1.807) is 0 Å². The SMILES string of the molecule is CCNCc1c(N(CC(N)=O)C(C)C)nc2ccccn12. The van der Waals surface area contributed by atoms with Gasteiger partial charge in [-0.25, -0.2) is 4.98 Å². The molecular weight excluding hydrogens is 266 g/mol. The Kier molecular flexibility index (Phi) is 4.80. The van der Waals surface area contributed by atoms with Crippen molar-refractivity contribution in [2.45, 2.75) is 33.4 Å². The molecule has 0 aliphatic heterocycles. The molecule has 0 aliphatic rings. The molecule has 2 rings (SSSR count). The lowest BCUT2D eigenvalue weighted by Crippen LogP contribution is -2.39. The molecule has 0 spiro atoms. The third-order valence-corrected chi connectivity index (χ3v) is 3.37. The van der Waals surface area contributed by atoms with Gasteiger partial charge in [0.05, 0.1) is 12.2 Å². The maximum absolute atomic E-state index is 11.4. The number of nitrogens with one attached hydrogen (secondary N) is 1. The summed E-state index contributed by atoms with van der Waals surface area (Å²) < 4.78 is 2.05. The fourth-order valence-corrected chi connectivity index (χ4v) is 2.34. The minimum absolute atomic E-state index is 0.141. The fourth-order valence-electron chi connectivity index (χ4n) is 2.34. The number of imidazole rings is 1. The monoisotopic (exact) mass is 289 g/mol. The second-order valence-electron chi connectivity index (χ2n) is 5.28. The van der Waals surface area contributed by atoms with E-state index in [-0.39, 0.29) is 18.5 Å². The number of hydrogen-bond acceptors (Lipinski definition) is 4. The molecule has 2 heterocycles. The molecule has 0 saturated carbocycles. The molecule has 0 unspecified atom stereocenters. The van der Waals surface area contributed by atoms with Crippen LogP contribution in [-0.4, -0.2) is 34.4 Å². The van der Waals surface area contributed by atoms with Gasteiger partial charge in [-0.3, -0.25) is 4.79 Å². The molecule has 114 valence electrons. The first-order chi connectivity index (χ1) is 10.0. The van der Waals surface area contributed by atoms with Crippen LogP contribution in [0.4, 0.5) is 5.82 Å². The van der Waals surface area contributed by atoms with E-state index in [1.807, 2.05) is 47.5 Å². The lowest BCUT2D eigenvalue weighted by atomic mass is 10.2. The van der Waals surface area contributed by atoms with Crippen LogP contribution in [0.1, 0.15) is 26.5 Å². The van der Waals surface area contributed by atoms with Gasteiger partial charge in [0, 0.05) is 18.8 Å². The summed E-state index contributed by atoms with van der Waals surface area (Å²) in [5.41, 5.74) is 7.30. The van der Waals surface area contributed by atoms with Gasteiger partial charge >= 0.3 is 0 Å². The molecule has 2 aromatic heterocycles. The van der Waals surface area contributed by atoms with Gasteiger partial charge in [0.15, 0.2) is 5.82 Å². The Labute approximate surface area is 124 Å². The van der Waals surface area contributed by atoms with Crippen molar-refractivity contribution < 1.29 is 4.79 Å². The number of pyridine rings is 1. The standard InChI is InChI=1S/C15H23N5O/c1-4-17-9-12-15(20(11(2)3)10-13(16)21)18-14-7-5-6-8-19(12)14/h5-8,11,17H,4,9-10H2,1-3H3,(H2,16,21). The number of anilines is 1. The summed E-state index contributed by atoms with van der Waals surface area (Å²) in [4.78, 5) is 18.0. The number of aromatic nitrogens is 2. The minimum atomic E-state index is -0.352. The van der Waals surface area contributed by atoms with Gasteiger partial charge in [0.2, 0.25) is 5.91 Å². The van der Waals surface area contributed by atoms with E-state index in [0.717, 1.165) is 23.7 Å². The van der Waals surface area contributed by atoms with Crippen molar-refractivity contribution in [3.05, 3.63) is 30.1 Å². The highest BCUT2D eigenvalue weighted by molar-refractivity contribution is 5.79. The van der Waals surface area contributed by atoms with Crippen LogP contribution in [0.2, 0.25) is 0 Å². The molecule has 1 amide bonds. The van der Waals surface area contributed by atoms with Gasteiger partial charge in [-0.15, -0.1) is 0 Å². The smallest absolute Gasteiger partial charge is 0.237 e. The molecule has 0 aliphatic carbocycles. The van der Waals surface area contributed by atoms with Crippen LogP contribution in [0.25, 0.3) is 5.65 Å². The first-order valence-electron chi connectivity index (χ1n) is 7.26. The number of rotatable bonds is 7. The molecule has 0 atom stereocenters. The van der Waals surface area contributed by atoms with Gasteiger partial charge in [0.25, 0.3) is 0 Å². The molecule has 0 radical (unpaired) electrons. The van der Waals surface area contributed by atoms with Crippen molar-refractivity contribution in [1.29, 1.82) is 0 Å². The summed E-state index contributed by atoms with van der Waals surface area (Å²) in [7, 11) is 0. The lowest BCUT2D eigenvalue weighted by Gasteiger charge is -2.26. The molecule has 3 N–H and O–H groups in total. The van der Waals surface area contributed by atoms with E-state index in [2.05, 4.69) is 17.2 Å². The predicted octanol–water partition coefficient (Wildman–Crippen LogP) is 1.14. The normalized spacial score (nSPS) is 11.2. The first-order valence-corrected chi connectivity index (χ1v) is 7.26. The number of nitrogens with two attached hydrogens (primary N) is 1. The van der Waals surface area contributed by atoms with E-state index in [4.69, 9.17) is 5.73 Å². The predicted molar refractivity (Wildman–Crippen MR) is 84.2 cm³/mol. The topological polar surface area (TPSA) is 75.7 Å². The highest BCUT2D eigenvalue weighted by Gasteiger charge is 2.21. The summed E-state index contributed by atoms with van der Waals surface area (Å²) in [6.07, 6.45) is 1.99. The zero-order valence-corrected chi connectivity index (χ0v) is 12.8. The Balaban J connectivity index is 2.51. The summed E-state index contributed by atoms with van der Waals surface area (Å²) in [5.74, 6) is 0.464. The number of hydrogen-bond donors (Lipinski definition) is 2. The average molecular weight is 289 g/mol. The van der Waals surface area contributed by atoms with Crippen molar-refractivity contribution in [3.8, 4) is 0 Å².